The zero-order valence-corrected chi connectivity index (χ0v) is 13.2. The molecule has 3 nitrogen and oxygen atoms in total. The second-order valence-corrected chi connectivity index (χ2v) is 6.28. The molecule has 1 aromatic heterocycles. The van der Waals surface area contributed by atoms with E-state index in [1.807, 2.05) is 0 Å². The van der Waals surface area contributed by atoms with E-state index in [0.717, 1.165) is 16.7 Å². The molecule has 0 fully saturated rings. The molecule has 0 amide bonds. The van der Waals surface area contributed by atoms with Gasteiger partial charge in [-0.2, -0.15) is 0 Å². The summed E-state index contributed by atoms with van der Waals surface area (Å²) in [5, 5.41) is 0. The Balaban J connectivity index is 2.30. The summed E-state index contributed by atoms with van der Waals surface area (Å²) in [6, 6.07) is 4.86. The summed E-state index contributed by atoms with van der Waals surface area (Å²) in [5.41, 5.74) is 7.01. The lowest BCUT2D eigenvalue weighted by molar-refractivity contribution is 0.490. The van der Waals surface area contributed by atoms with Crippen LogP contribution in [0.2, 0.25) is 0 Å². The average Bonchev–Trinajstić information content (AvgIpc) is 2.88. The molecule has 0 aliphatic heterocycles. The van der Waals surface area contributed by atoms with Gasteiger partial charge in [0.05, 0.1) is 11.9 Å². The number of nitrogens with two attached hydrogens (primary N) is 1. The number of H-pyrrole nitrogens is 1. The van der Waals surface area contributed by atoms with Gasteiger partial charge < -0.3 is 10.7 Å². The highest BCUT2D eigenvalue weighted by atomic mass is 79.9. The minimum Gasteiger partial charge on any atom is -0.342 e. The number of nitrogens with zero attached hydrogens (tertiary/aromatic N) is 1. The number of imidazole rings is 1. The molecule has 108 valence electrons. The van der Waals surface area contributed by atoms with Crippen molar-refractivity contribution in [1.82, 2.24) is 9.97 Å². The molecule has 0 bridgehead atoms. The predicted molar refractivity (Wildman–Crippen MR) is 82.9 cm³/mol. The standard InChI is InChI=1S/C15H19BrFN3/c1-9(2)5-10(7-18)15-19-8-14(20-15)12-6-11(16)3-4-13(12)17/h3-4,6,8-10H,5,7,18H2,1-2H3,(H,19,20). The van der Waals surface area contributed by atoms with Crippen LogP contribution in [-0.4, -0.2) is 16.5 Å². The van der Waals surface area contributed by atoms with Crippen molar-refractivity contribution >= 4 is 15.9 Å². The zero-order valence-electron chi connectivity index (χ0n) is 11.7. The minimum absolute atomic E-state index is 0.180. The van der Waals surface area contributed by atoms with E-state index in [1.54, 1.807) is 18.3 Å². The first-order valence-electron chi connectivity index (χ1n) is 6.71. The Kier molecular flexibility index (Phi) is 4.94. The van der Waals surface area contributed by atoms with Gasteiger partial charge in [-0.15, -0.1) is 0 Å². The Morgan fingerprint density at radius 3 is 2.80 bits per heavy atom. The van der Waals surface area contributed by atoms with Crippen LogP contribution in [0.5, 0.6) is 0 Å². The number of hydrogen-bond donors (Lipinski definition) is 2. The average molecular weight is 340 g/mol. The predicted octanol–water partition coefficient (Wildman–Crippen LogP) is 4.07. The third-order valence-electron chi connectivity index (χ3n) is 3.24. The topological polar surface area (TPSA) is 54.7 Å². The number of benzene rings is 1. The third-order valence-corrected chi connectivity index (χ3v) is 3.73. The van der Waals surface area contributed by atoms with Gasteiger partial charge in [0.1, 0.15) is 11.6 Å². The molecule has 2 aromatic rings. The van der Waals surface area contributed by atoms with Crippen LogP contribution in [0.4, 0.5) is 4.39 Å². The van der Waals surface area contributed by atoms with Crippen molar-refractivity contribution in [2.45, 2.75) is 26.2 Å². The second-order valence-electron chi connectivity index (χ2n) is 5.37. The summed E-state index contributed by atoms with van der Waals surface area (Å²) in [5.74, 6) is 1.28. The van der Waals surface area contributed by atoms with Crippen LogP contribution >= 0.6 is 15.9 Å². The molecule has 0 aliphatic carbocycles. The van der Waals surface area contributed by atoms with E-state index in [9.17, 15) is 4.39 Å². The van der Waals surface area contributed by atoms with E-state index in [0.29, 0.717) is 23.7 Å². The highest BCUT2D eigenvalue weighted by molar-refractivity contribution is 9.10. The van der Waals surface area contributed by atoms with Gasteiger partial charge >= 0.3 is 0 Å². The Hall–Kier alpha value is -1.20. The van der Waals surface area contributed by atoms with Crippen molar-refractivity contribution in [1.29, 1.82) is 0 Å². The number of rotatable bonds is 5. The van der Waals surface area contributed by atoms with Crippen LogP contribution in [0.1, 0.15) is 32.0 Å². The first-order valence-corrected chi connectivity index (χ1v) is 7.51. The molecule has 0 saturated carbocycles. The number of halogens is 2. The number of hydrogen-bond acceptors (Lipinski definition) is 2. The van der Waals surface area contributed by atoms with Crippen molar-refractivity contribution in [3.8, 4) is 11.3 Å². The van der Waals surface area contributed by atoms with Crippen LogP contribution in [0.15, 0.2) is 28.9 Å². The van der Waals surface area contributed by atoms with E-state index in [2.05, 4.69) is 39.7 Å². The maximum Gasteiger partial charge on any atom is 0.132 e. The van der Waals surface area contributed by atoms with Crippen LogP contribution in [0, 0.1) is 11.7 Å². The van der Waals surface area contributed by atoms with E-state index in [4.69, 9.17) is 5.73 Å². The van der Waals surface area contributed by atoms with Gasteiger partial charge in [0, 0.05) is 22.5 Å². The van der Waals surface area contributed by atoms with Crippen molar-refractivity contribution in [2.24, 2.45) is 11.7 Å². The fourth-order valence-electron chi connectivity index (χ4n) is 2.27. The Labute approximate surface area is 126 Å². The molecule has 0 radical (unpaired) electrons. The van der Waals surface area contributed by atoms with Crippen molar-refractivity contribution in [2.75, 3.05) is 6.54 Å². The molecule has 5 heteroatoms. The molecular formula is C15H19BrFN3. The van der Waals surface area contributed by atoms with E-state index in [1.165, 1.54) is 6.07 Å². The largest absolute Gasteiger partial charge is 0.342 e. The normalized spacial score (nSPS) is 12.9. The minimum atomic E-state index is -0.267. The van der Waals surface area contributed by atoms with Crippen LogP contribution < -0.4 is 5.73 Å². The Morgan fingerprint density at radius 1 is 1.40 bits per heavy atom. The molecule has 3 N–H and O–H groups in total. The molecule has 0 saturated heterocycles. The number of aromatic amines is 1. The molecule has 1 unspecified atom stereocenters. The fourth-order valence-corrected chi connectivity index (χ4v) is 2.63. The molecule has 20 heavy (non-hydrogen) atoms. The molecule has 1 aromatic carbocycles. The molecule has 0 spiro atoms. The molecule has 0 aliphatic rings. The van der Waals surface area contributed by atoms with Crippen molar-refractivity contribution in [3.63, 3.8) is 0 Å². The fraction of sp³-hybridized carbons (Fsp3) is 0.400. The quantitative estimate of drug-likeness (QED) is 0.862. The van der Waals surface area contributed by atoms with Crippen molar-refractivity contribution in [3.05, 3.63) is 40.5 Å². The summed E-state index contributed by atoms with van der Waals surface area (Å²) >= 11 is 3.35. The lowest BCUT2D eigenvalue weighted by atomic mass is 9.97. The molecule has 2 rings (SSSR count). The summed E-state index contributed by atoms with van der Waals surface area (Å²) in [6.45, 7) is 4.84. The lowest BCUT2D eigenvalue weighted by Gasteiger charge is -2.14. The van der Waals surface area contributed by atoms with E-state index >= 15 is 0 Å². The Morgan fingerprint density at radius 2 is 2.15 bits per heavy atom. The third kappa shape index (κ3) is 3.46. The van der Waals surface area contributed by atoms with E-state index < -0.39 is 0 Å². The second kappa shape index (κ2) is 6.50. The van der Waals surface area contributed by atoms with Crippen LogP contribution in [-0.2, 0) is 0 Å². The van der Waals surface area contributed by atoms with Crippen molar-refractivity contribution < 1.29 is 4.39 Å². The maximum atomic E-state index is 13.9. The number of nitrogens with one attached hydrogen (secondary N) is 1. The van der Waals surface area contributed by atoms with Gasteiger partial charge in [-0.1, -0.05) is 29.8 Å². The maximum absolute atomic E-state index is 13.9. The molecule has 1 atom stereocenters. The highest BCUT2D eigenvalue weighted by Crippen LogP contribution is 2.27. The van der Waals surface area contributed by atoms with Gasteiger partial charge in [0.2, 0.25) is 0 Å². The molecular weight excluding hydrogens is 321 g/mol. The van der Waals surface area contributed by atoms with Gasteiger partial charge in [-0.05, 0) is 30.5 Å². The SMILES string of the molecule is CC(C)CC(CN)c1ncc(-c2cc(Br)ccc2F)[nH]1. The lowest BCUT2D eigenvalue weighted by Crippen LogP contribution is -2.16. The van der Waals surface area contributed by atoms with Gasteiger partial charge in [-0.3, -0.25) is 0 Å². The summed E-state index contributed by atoms with van der Waals surface area (Å²) in [4.78, 5) is 7.57. The summed E-state index contributed by atoms with van der Waals surface area (Å²) in [7, 11) is 0. The van der Waals surface area contributed by atoms with Crippen LogP contribution in [0.25, 0.3) is 11.3 Å². The monoisotopic (exact) mass is 339 g/mol. The first kappa shape index (κ1) is 15.2. The van der Waals surface area contributed by atoms with Gasteiger partial charge in [-0.25, -0.2) is 9.37 Å². The number of aromatic nitrogens is 2. The smallest absolute Gasteiger partial charge is 0.132 e. The molecule has 1 heterocycles. The highest BCUT2D eigenvalue weighted by Gasteiger charge is 2.16. The van der Waals surface area contributed by atoms with E-state index in [-0.39, 0.29) is 11.7 Å². The first-order chi connectivity index (χ1) is 9.51. The van der Waals surface area contributed by atoms with Crippen LogP contribution in [0.3, 0.4) is 0 Å². The summed E-state index contributed by atoms with van der Waals surface area (Å²) in [6.07, 6.45) is 2.63. The summed E-state index contributed by atoms with van der Waals surface area (Å²) < 4.78 is 14.7. The van der Waals surface area contributed by atoms with Gasteiger partial charge in [0.15, 0.2) is 0 Å². The van der Waals surface area contributed by atoms with Gasteiger partial charge in [0.25, 0.3) is 0 Å². The Bertz CT molecular complexity index is 580. The zero-order chi connectivity index (χ0) is 14.7.